The van der Waals surface area contributed by atoms with Crippen LogP contribution in [0.1, 0.15) is 45.5 Å². The van der Waals surface area contributed by atoms with Crippen molar-refractivity contribution in [3.63, 3.8) is 0 Å². The largest absolute Gasteiger partial charge is 0.414 e. The van der Waals surface area contributed by atoms with Crippen LogP contribution in [0.15, 0.2) is 4.47 Å². The Balaban J connectivity index is 2.23. The molecule has 0 aliphatic rings. The van der Waals surface area contributed by atoms with E-state index in [1.807, 2.05) is 11.7 Å². The SMILES string of the molecule is CCc1nn(C)c(CCCOCCO[Si](C)(C)C(C)(C)C)c1Br. The lowest BCUT2D eigenvalue weighted by Gasteiger charge is -2.36. The first-order chi connectivity index (χ1) is 10.6. The molecule has 0 aromatic carbocycles. The Bertz CT molecular complexity index is 496. The second kappa shape index (κ2) is 8.79. The van der Waals surface area contributed by atoms with E-state index in [0.717, 1.165) is 36.0 Å². The van der Waals surface area contributed by atoms with Crippen LogP contribution in [0, 0.1) is 0 Å². The zero-order valence-electron chi connectivity index (χ0n) is 15.8. The highest BCUT2D eigenvalue weighted by atomic mass is 79.9. The van der Waals surface area contributed by atoms with Crippen LogP contribution in [0.3, 0.4) is 0 Å². The average Bonchev–Trinajstić information content (AvgIpc) is 2.71. The number of aryl methyl sites for hydroxylation is 2. The Morgan fingerprint density at radius 1 is 1.17 bits per heavy atom. The summed E-state index contributed by atoms with van der Waals surface area (Å²) in [7, 11) is 0.367. The third kappa shape index (κ3) is 6.00. The molecule has 6 heteroatoms. The number of nitrogens with zero attached hydrogens (tertiary/aromatic N) is 2. The summed E-state index contributed by atoms with van der Waals surface area (Å²) in [5, 5.41) is 4.78. The third-order valence-electron chi connectivity index (χ3n) is 4.70. The maximum atomic E-state index is 6.11. The van der Waals surface area contributed by atoms with Crippen molar-refractivity contribution in [3.8, 4) is 0 Å². The topological polar surface area (TPSA) is 36.3 Å². The molecule has 1 heterocycles. The standard InChI is InChI=1S/C17H33BrN2O2Si/c1-8-14-16(18)15(20(5)19-14)10-9-11-21-12-13-22-23(6,7)17(2,3)4/h8-13H2,1-7H3. The van der Waals surface area contributed by atoms with Crippen LogP contribution in [0.2, 0.25) is 18.1 Å². The number of hydrogen-bond acceptors (Lipinski definition) is 3. The number of halogens is 1. The van der Waals surface area contributed by atoms with Crippen LogP contribution >= 0.6 is 15.9 Å². The van der Waals surface area contributed by atoms with E-state index in [-0.39, 0.29) is 5.04 Å². The van der Waals surface area contributed by atoms with Crippen molar-refractivity contribution in [2.24, 2.45) is 7.05 Å². The molecule has 0 unspecified atom stereocenters. The second-order valence-corrected chi connectivity index (χ2v) is 13.1. The summed E-state index contributed by atoms with van der Waals surface area (Å²) in [6.07, 6.45) is 2.93. The van der Waals surface area contributed by atoms with E-state index in [4.69, 9.17) is 9.16 Å². The van der Waals surface area contributed by atoms with Gasteiger partial charge in [-0.15, -0.1) is 0 Å². The van der Waals surface area contributed by atoms with Crippen molar-refractivity contribution < 1.29 is 9.16 Å². The molecule has 1 aromatic heterocycles. The minimum atomic E-state index is -1.64. The third-order valence-corrected chi connectivity index (χ3v) is 10.2. The lowest BCUT2D eigenvalue weighted by atomic mass is 10.2. The molecule has 1 rings (SSSR count). The first kappa shape index (κ1) is 20.9. The van der Waals surface area contributed by atoms with Gasteiger partial charge in [0, 0.05) is 13.7 Å². The number of ether oxygens (including phenoxy) is 1. The van der Waals surface area contributed by atoms with Gasteiger partial charge in [0.2, 0.25) is 0 Å². The molecule has 0 radical (unpaired) electrons. The zero-order chi connectivity index (χ0) is 17.7. The lowest BCUT2D eigenvalue weighted by Crippen LogP contribution is -2.41. The highest BCUT2D eigenvalue weighted by molar-refractivity contribution is 9.10. The van der Waals surface area contributed by atoms with Gasteiger partial charge in [-0.05, 0) is 53.3 Å². The molecule has 0 saturated carbocycles. The van der Waals surface area contributed by atoms with Gasteiger partial charge in [0.15, 0.2) is 8.32 Å². The molecule has 1 aromatic rings. The molecule has 0 spiro atoms. The van der Waals surface area contributed by atoms with E-state index in [0.29, 0.717) is 13.2 Å². The van der Waals surface area contributed by atoms with Gasteiger partial charge < -0.3 is 9.16 Å². The van der Waals surface area contributed by atoms with Gasteiger partial charge in [-0.3, -0.25) is 4.68 Å². The van der Waals surface area contributed by atoms with Crippen LogP contribution in [0.4, 0.5) is 0 Å². The molecule has 0 amide bonds. The van der Waals surface area contributed by atoms with Crippen molar-refractivity contribution in [2.75, 3.05) is 19.8 Å². The second-order valence-electron chi connectivity index (χ2n) is 7.51. The van der Waals surface area contributed by atoms with Crippen LogP contribution in [-0.2, 0) is 29.1 Å². The van der Waals surface area contributed by atoms with Gasteiger partial charge >= 0.3 is 0 Å². The van der Waals surface area contributed by atoms with Crippen molar-refractivity contribution >= 4 is 24.2 Å². The smallest absolute Gasteiger partial charge is 0.192 e. The fraction of sp³-hybridized carbons (Fsp3) is 0.824. The molecule has 0 atom stereocenters. The lowest BCUT2D eigenvalue weighted by molar-refractivity contribution is 0.0937. The summed E-state index contributed by atoms with van der Waals surface area (Å²) in [6, 6.07) is 0. The monoisotopic (exact) mass is 404 g/mol. The Morgan fingerprint density at radius 3 is 2.35 bits per heavy atom. The zero-order valence-corrected chi connectivity index (χ0v) is 18.4. The van der Waals surface area contributed by atoms with E-state index in [1.54, 1.807) is 0 Å². The molecule has 0 saturated heterocycles. The number of hydrogen-bond donors (Lipinski definition) is 0. The minimum Gasteiger partial charge on any atom is -0.414 e. The van der Waals surface area contributed by atoms with Crippen molar-refractivity contribution in [3.05, 3.63) is 15.9 Å². The highest BCUT2D eigenvalue weighted by Gasteiger charge is 2.36. The van der Waals surface area contributed by atoms with Crippen LogP contribution in [-0.4, -0.2) is 37.9 Å². The predicted octanol–water partition coefficient (Wildman–Crippen LogP) is 4.72. The molecule has 0 aliphatic heterocycles. The molecule has 0 aliphatic carbocycles. The van der Waals surface area contributed by atoms with Gasteiger partial charge in [-0.1, -0.05) is 27.7 Å². The van der Waals surface area contributed by atoms with Crippen molar-refractivity contribution in [2.45, 2.75) is 65.1 Å². The van der Waals surface area contributed by atoms with E-state index < -0.39 is 8.32 Å². The average molecular weight is 405 g/mol. The first-order valence-corrected chi connectivity index (χ1v) is 12.2. The minimum absolute atomic E-state index is 0.260. The van der Waals surface area contributed by atoms with Gasteiger partial charge in [0.1, 0.15) is 0 Å². The molecule has 0 N–H and O–H groups in total. The first-order valence-electron chi connectivity index (χ1n) is 8.52. The maximum Gasteiger partial charge on any atom is 0.192 e. The Morgan fingerprint density at radius 2 is 1.83 bits per heavy atom. The highest BCUT2D eigenvalue weighted by Crippen LogP contribution is 2.36. The van der Waals surface area contributed by atoms with Gasteiger partial charge in [0.25, 0.3) is 0 Å². The summed E-state index contributed by atoms with van der Waals surface area (Å²) in [6.45, 7) is 15.6. The summed E-state index contributed by atoms with van der Waals surface area (Å²) < 4.78 is 15.0. The van der Waals surface area contributed by atoms with E-state index in [2.05, 4.69) is 61.8 Å². The van der Waals surface area contributed by atoms with Crippen molar-refractivity contribution in [1.82, 2.24) is 9.78 Å². The van der Waals surface area contributed by atoms with Crippen LogP contribution in [0.5, 0.6) is 0 Å². The molecule has 0 fully saturated rings. The van der Waals surface area contributed by atoms with Crippen LogP contribution < -0.4 is 0 Å². The fourth-order valence-corrected chi connectivity index (χ4v) is 3.95. The van der Waals surface area contributed by atoms with E-state index in [1.165, 1.54) is 5.69 Å². The summed E-state index contributed by atoms with van der Waals surface area (Å²) in [5.74, 6) is 0. The predicted molar refractivity (Wildman–Crippen MR) is 103 cm³/mol. The maximum absolute atomic E-state index is 6.11. The Hall–Kier alpha value is -0.173. The Labute approximate surface area is 151 Å². The van der Waals surface area contributed by atoms with E-state index >= 15 is 0 Å². The van der Waals surface area contributed by atoms with E-state index in [9.17, 15) is 0 Å². The molecular formula is C17H33BrN2O2Si. The molecule has 23 heavy (non-hydrogen) atoms. The number of rotatable bonds is 9. The van der Waals surface area contributed by atoms with Gasteiger partial charge in [0.05, 0.1) is 29.1 Å². The normalized spacial score (nSPS) is 12.9. The Kier molecular flexibility index (Phi) is 7.97. The molecular weight excluding hydrogens is 372 g/mol. The molecule has 4 nitrogen and oxygen atoms in total. The molecule has 0 bridgehead atoms. The quantitative estimate of drug-likeness (QED) is 0.441. The number of aromatic nitrogens is 2. The van der Waals surface area contributed by atoms with Crippen LogP contribution in [0.25, 0.3) is 0 Å². The van der Waals surface area contributed by atoms with Gasteiger partial charge in [-0.2, -0.15) is 5.10 Å². The molecule has 134 valence electrons. The van der Waals surface area contributed by atoms with Crippen molar-refractivity contribution in [1.29, 1.82) is 0 Å². The summed E-state index contributed by atoms with van der Waals surface area (Å²) >= 11 is 3.66. The van der Waals surface area contributed by atoms with Gasteiger partial charge in [-0.25, -0.2) is 0 Å². The fourth-order valence-electron chi connectivity index (χ4n) is 2.11. The summed E-state index contributed by atoms with van der Waals surface area (Å²) in [5.41, 5.74) is 2.38. The summed E-state index contributed by atoms with van der Waals surface area (Å²) in [4.78, 5) is 0.